The molecule has 3 aromatic rings. The monoisotopic (exact) mass is 490 g/mol. The van der Waals surface area contributed by atoms with Crippen LogP contribution in [0.4, 0.5) is 17.1 Å². The third kappa shape index (κ3) is 4.42. The number of benzene rings is 3. The molecule has 0 fully saturated rings. The van der Waals surface area contributed by atoms with Gasteiger partial charge in [-0.3, -0.25) is 0 Å². The summed E-state index contributed by atoms with van der Waals surface area (Å²) in [4.78, 5) is 6.49. The van der Waals surface area contributed by atoms with Crippen LogP contribution < -0.4 is 24.7 Å². The first kappa shape index (κ1) is 21.6. The van der Waals surface area contributed by atoms with Crippen molar-refractivity contribution in [1.82, 2.24) is 0 Å². The number of anilines is 3. The second-order valence-electron chi connectivity index (χ2n) is 8.76. The molecule has 29 heavy (non-hydrogen) atoms. The molecule has 0 spiro atoms. The fourth-order valence-corrected chi connectivity index (χ4v) is 15.6. The Morgan fingerprint density at radius 3 is 0.793 bits per heavy atom. The molecule has 0 aromatic heterocycles. The standard InChI is InChI=1S/3C8H10N.CH3.In/c3*1-9(2)8-6-4-3-5-7-8;;/h3*4-7H,1-2H3;1H3;/q;;;;-1. The van der Waals surface area contributed by atoms with Gasteiger partial charge in [-0.2, -0.15) is 0 Å². The van der Waals surface area contributed by atoms with E-state index in [-0.39, 0.29) is 0 Å². The summed E-state index contributed by atoms with van der Waals surface area (Å²) in [5.74, 6) is 0. The number of hydrogen-bond donors (Lipinski definition) is 0. The molecule has 152 valence electrons. The van der Waals surface area contributed by atoms with Crippen LogP contribution in [0.5, 0.6) is 0 Å². The molecule has 3 nitrogen and oxygen atoms in total. The van der Waals surface area contributed by atoms with Gasteiger partial charge in [0.2, 0.25) is 0 Å². The third-order valence-corrected chi connectivity index (χ3v) is 20.9. The van der Waals surface area contributed by atoms with Crippen LogP contribution in [0.25, 0.3) is 0 Å². The molecule has 0 aliphatic rings. The summed E-state index contributed by atoms with van der Waals surface area (Å²) < 4.78 is 7.08. The van der Waals surface area contributed by atoms with Crippen LogP contribution in [0.3, 0.4) is 0 Å². The van der Waals surface area contributed by atoms with Gasteiger partial charge >= 0.3 is 181 Å². The van der Waals surface area contributed by atoms with Crippen LogP contribution in [-0.2, 0) is 0 Å². The maximum atomic E-state index is 2.55. The summed E-state index contributed by atoms with van der Waals surface area (Å²) in [7, 11) is 12.6. The fourth-order valence-electron chi connectivity index (χ4n) is 4.05. The van der Waals surface area contributed by atoms with Gasteiger partial charge in [-0.05, 0) is 0 Å². The Kier molecular flexibility index (Phi) is 6.52. The molecule has 3 rings (SSSR count). The number of nitrogens with zero attached hydrogens (tertiary/aromatic N) is 3. The van der Waals surface area contributed by atoms with E-state index in [1.807, 2.05) is 0 Å². The van der Waals surface area contributed by atoms with E-state index in [4.69, 9.17) is 0 Å². The molecule has 0 bridgehead atoms. The van der Waals surface area contributed by atoms with Crippen molar-refractivity contribution in [3.8, 4) is 0 Å². The van der Waals surface area contributed by atoms with Gasteiger partial charge < -0.3 is 0 Å². The Morgan fingerprint density at radius 1 is 0.414 bits per heavy atom. The van der Waals surface area contributed by atoms with Gasteiger partial charge in [0.25, 0.3) is 0 Å². The second kappa shape index (κ2) is 8.74. The Labute approximate surface area is 180 Å². The van der Waals surface area contributed by atoms with Gasteiger partial charge in [0.05, 0.1) is 0 Å². The Morgan fingerprint density at radius 2 is 0.621 bits per heavy atom. The Hall–Kier alpha value is -2.07. The zero-order chi connectivity index (χ0) is 21.2. The normalized spacial score (nSPS) is 11.3. The van der Waals surface area contributed by atoms with Gasteiger partial charge in [0, 0.05) is 0 Å². The van der Waals surface area contributed by atoms with E-state index >= 15 is 0 Å². The molecule has 0 amide bonds. The van der Waals surface area contributed by atoms with Crippen LogP contribution in [-0.4, -0.2) is 62.3 Å². The molecule has 0 aliphatic carbocycles. The molecular formula is C25H33InN3-. The zero-order valence-corrected chi connectivity index (χ0v) is 22.1. The summed E-state index contributed by atoms with van der Waals surface area (Å²) in [6.07, 6.45) is 0. The summed E-state index contributed by atoms with van der Waals surface area (Å²) in [6.45, 7) is 0. The Bertz CT molecular complexity index is 802. The molecule has 0 aliphatic heterocycles. The average Bonchev–Trinajstić information content (AvgIpc) is 2.73. The Balaban J connectivity index is 2.14. The number of rotatable bonds is 6. The van der Waals surface area contributed by atoms with Crippen LogP contribution in [0, 0.1) is 0 Å². The van der Waals surface area contributed by atoms with Crippen molar-refractivity contribution < 1.29 is 0 Å². The quantitative estimate of drug-likeness (QED) is 0.527. The molecule has 0 saturated heterocycles. The van der Waals surface area contributed by atoms with E-state index in [1.165, 1.54) is 27.0 Å². The van der Waals surface area contributed by atoms with E-state index in [0.29, 0.717) is 0 Å². The first-order valence-electron chi connectivity index (χ1n) is 10.3. The second-order valence-corrected chi connectivity index (χ2v) is 21.9. The van der Waals surface area contributed by atoms with Gasteiger partial charge in [0.15, 0.2) is 0 Å². The minimum absolute atomic E-state index is 1.25. The molecule has 0 radical (unpaired) electrons. The molecular weight excluding hydrogens is 457 g/mol. The third-order valence-electron chi connectivity index (χ3n) is 6.23. The average molecular weight is 490 g/mol. The van der Waals surface area contributed by atoms with E-state index in [0.717, 1.165) is 0 Å². The topological polar surface area (TPSA) is 9.72 Å². The summed E-state index contributed by atoms with van der Waals surface area (Å²) >= 11 is -3.20. The van der Waals surface area contributed by atoms with Crippen molar-refractivity contribution in [2.45, 2.75) is 4.68 Å². The summed E-state index contributed by atoms with van der Waals surface area (Å²) in [6, 6.07) is 27.7. The number of hydrogen-bond acceptors (Lipinski definition) is 3. The SMILES string of the molecule is CN(C)c1cc[c]([In-]([CH3])([c]2ccc(N(C)C)cc2)[c]2ccc(N(C)C)cc2)cc1. The van der Waals surface area contributed by atoms with Crippen LogP contribution in [0.1, 0.15) is 0 Å². The van der Waals surface area contributed by atoms with Gasteiger partial charge in [-0.25, -0.2) is 0 Å². The van der Waals surface area contributed by atoms with Crippen LogP contribution in [0.15, 0.2) is 72.8 Å². The first-order valence-corrected chi connectivity index (χ1v) is 18.5. The van der Waals surface area contributed by atoms with Gasteiger partial charge in [0.1, 0.15) is 0 Å². The summed E-state index contributed by atoms with van der Waals surface area (Å²) in [5, 5.41) is 0. The molecule has 3 aromatic carbocycles. The van der Waals surface area contributed by atoms with E-state index in [1.54, 1.807) is 0 Å². The van der Waals surface area contributed by atoms with Crippen molar-refractivity contribution in [2.24, 2.45) is 0 Å². The van der Waals surface area contributed by atoms with Crippen LogP contribution in [0.2, 0.25) is 4.68 Å². The van der Waals surface area contributed by atoms with Crippen molar-refractivity contribution in [3.05, 3.63) is 72.8 Å². The van der Waals surface area contributed by atoms with Crippen LogP contribution >= 0.6 is 0 Å². The van der Waals surface area contributed by atoms with Gasteiger partial charge in [-0.15, -0.1) is 0 Å². The molecule has 4 heteroatoms. The van der Waals surface area contributed by atoms with E-state index in [9.17, 15) is 0 Å². The predicted octanol–water partition coefficient (Wildman–Crippen LogP) is 2.98. The van der Waals surface area contributed by atoms with Crippen molar-refractivity contribution >= 4 is 47.0 Å². The van der Waals surface area contributed by atoms with Crippen molar-refractivity contribution in [2.75, 3.05) is 57.0 Å². The molecule has 0 saturated carbocycles. The van der Waals surface area contributed by atoms with E-state index < -0.39 is 20.0 Å². The summed E-state index contributed by atoms with van der Waals surface area (Å²) in [5.41, 5.74) is 3.74. The van der Waals surface area contributed by atoms with E-state index in [2.05, 4.69) is 134 Å². The van der Waals surface area contributed by atoms with Crippen molar-refractivity contribution in [3.63, 3.8) is 0 Å². The maximum absolute atomic E-state index is 3.20. The molecule has 0 heterocycles. The fraction of sp³-hybridized carbons (Fsp3) is 0.280. The van der Waals surface area contributed by atoms with Crippen molar-refractivity contribution in [1.29, 1.82) is 0 Å². The van der Waals surface area contributed by atoms with Gasteiger partial charge in [-0.1, -0.05) is 0 Å². The molecule has 0 N–H and O–H groups in total. The molecule has 0 atom stereocenters. The zero-order valence-electron chi connectivity index (χ0n) is 18.8. The minimum atomic E-state index is -3.20. The molecule has 0 unspecified atom stereocenters. The first-order chi connectivity index (χ1) is 13.7. The predicted molar refractivity (Wildman–Crippen MR) is 133 cm³/mol.